The summed E-state index contributed by atoms with van der Waals surface area (Å²) in [6, 6.07) is 0. The van der Waals surface area contributed by atoms with Gasteiger partial charge in [0.15, 0.2) is 5.96 Å². The minimum atomic E-state index is -0.122. The minimum absolute atomic E-state index is 0.122. The summed E-state index contributed by atoms with van der Waals surface area (Å²) in [6.07, 6.45) is 9.85. The third-order valence-electron chi connectivity index (χ3n) is 5.92. The van der Waals surface area contributed by atoms with Crippen molar-refractivity contribution in [2.45, 2.75) is 70.3 Å². The highest BCUT2D eigenvalue weighted by Crippen LogP contribution is 2.34. The monoisotopic (exact) mass is 396 g/mol. The van der Waals surface area contributed by atoms with Gasteiger partial charge in [0.1, 0.15) is 0 Å². The Balaban J connectivity index is 1.83. The number of hydrogen-bond acceptors (Lipinski definition) is 5. The summed E-state index contributed by atoms with van der Waals surface area (Å²) in [5, 5.41) is 6.84. The number of nitrogens with one attached hydrogen (secondary N) is 2. The number of rotatable bonds is 10. The molecule has 7 nitrogen and oxygen atoms in total. The van der Waals surface area contributed by atoms with Crippen LogP contribution in [0.4, 0.5) is 0 Å². The van der Waals surface area contributed by atoms with Crippen LogP contribution in [-0.2, 0) is 14.3 Å². The smallest absolute Gasteiger partial charge is 0.305 e. The third kappa shape index (κ3) is 7.59. The quantitative estimate of drug-likeness (QED) is 0.255. The van der Waals surface area contributed by atoms with Gasteiger partial charge < -0.3 is 20.1 Å². The Morgan fingerprint density at radius 1 is 1.11 bits per heavy atom. The van der Waals surface area contributed by atoms with Crippen LogP contribution in [0.25, 0.3) is 0 Å². The van der Waals surface area contributed by atoms with E-state index in [0.717, 1.165) is 71.2 Å². The summed E-state index contributed by atoms with van der Waals surface area (Å²) in [5.41, 5.74) is 0.199. The molecule has 0 aromatic carbocycles. The van der Waals surface area contributed by atoms with E-state index in [1.165, 1.54) is 39.2 Å². The molecule has 2 fully saturated rings. The molecule has 1 heterocycles. The average molecular weight is 397 g/mol. The number of aliphatic imine (C=N–C) groups is 1. The maximum atomic E-state index is 11.2. The van der Waals surface area contributed by atoms with E-state index in [2.05, 4.69) is 27.2 Å². The summed E-state index contributed by atoms with van der Waals surface area (Å²) < 4.78 is 10.3. The standard InChI is InChI=1S/C21H40N4O3/c1-3-22-20(23-13-9-4-6-10-19(26)27-2)24-18-21(11-7-5-8-12-21)25-14-16-28-17-15-25/h3-18H2,1-2H3,(H2,22,23,24). The normalized spacial score (nSPS) is 20.6. The summed E-state index contributed by atoms with van der Waals surface area (Å²) in [7, 11) is 1.44. The molecule has 2 N–H and O–H groups in total. The third-order valence-corrected chi connectivity index (χ3v) is 5.92. The van der Waals surface area contributed by atoms with E-state index in [-0.39, 0.29) is 11.5 Å². The number of carbonyl (C=O) groups excluding carboxylic acids is 1. The molecule has 0 unspecified atom stereocenters. The Morgan fingerprint density at radius 3 is 2.54 bits per heavy atom. The SMILES string of the molecule is CCNC(=NCC1(N2CCOCC2)CCCCC1)NCCCCCC(=O)OC. The highest BCUT2D eigenvalue weighted by molar-refractivity contribution is 5.79. The molecule has 1 aliphatic carbocycles. The lowest BCUT2D eigenvalue weighted by molar-refractivity contribution is -0.140. The van der Waals surface area contributed by atoms with Crippen LogP contribution >= 0.6 is 0 Å². The van der Waals surface area contributed by atoms with Crippen molar-refractivity contribution in [3.63, 3.8) is 0 Å². The predicted octanol–water partition coefficient (Wildman–Crippen LogP) is 2.31. The Hall–Kier alpha value is -1.34. The number of esters is 1. The van der Waals surface area contributed by atoms with Crippen molar-refractivity contribution in [2.24, 2.45) is 4.99 Å². The minimum Gasteiger partial charge on any atom is -0.469 e. The number of guanidine groups is 1. The van der Waals surface area contributed by atoms with Gasteiger partial charge in [-0.25, -0.2) is 0 Å². The Labute approximate surface area is 170 Å². The van der Waals surface area contributed by atoms with E-state index in [1.54, 1.807) is 0 Å². The van der Waals surface area contributed by atoms with Crippen molar-refractivity contribution in [3.05, 3.63) is 0 Å². The summed E-state index contributed by atoms with van der Waals surface area (Å²) >= 11 is 0. The summed E-state index contributed by atoms with van der Waals surface area (Å²) in [5.74, 6) is 0.789. The largest absolute Gasteiger partial charge is 0.469 e. The van der Waals surface area contributed by atoms with Crippen molar-refractivity contribution in [1.29, 1.82) is 0 Å². The highest BCUT2D eigenvalue weighted by Gasteiger charge is 2.38. The van der Waals surface area contributed by atoms with Crippen LogP contribution < -0.4 is 10.6 Å². The second-order valence-corrected chi connectivity index (χ2v) is 7.89. The number of hydrogen-bond donors (Lipinski definition) is 2. The highest BCUT2D eigenvalue weighted by atomic mass is 16.5. The Kier molecular flexibility index (Phi) is 10.6. The van der Waals surface area contributed by atoms with Crippen LogP contribution in [0.1, 0.15) is 64.7 Å². The predicted molar refractivity (Wildman–Crippen MR) is 113 cm³/mol. The molecular weight excluding hydrogens is 356 g/mol. The van der Waals surface area contributed by atoms with E-state index in [4.69, 9.17) is 9.73 Å². The van der Waals surface area contributed by atoms with Gasteiger partial charge in [-0.05, 0) is 32.6 Å². The number of nitrogens with zero attached hydrogens (tertiary/aromatic N) is 2. The Bertz CT molecular complexity index is 472. The van der Waals surface area contributed by atoms with Gasteiger partial charge in [0.25, 0.3) is 0 Å². The fourth-order valence-electron chi connectivity index (χ4n) is 4.27. The molecule has 2 rings (SSSR count). The Morgan fingerprint density at radius 2 is 1.86 bits per heavy atom. The molecule has 162 valence electrons. The number of methoxy groups -OCH3 is 1. The van der Waals surface area contributed by atoms with Crippen LogP contribution in [-0.4, -0.2) is 75.4 Å². The molecule has 0 amide bonds. The molecule has 7 heteroatoms. The van der Waals surface area contributed by atoms with Crippen LogP contribution in [0.15, 0.2) is 4.99 Å². The lowest BCUT2D eigenvalue weighted by atomic mass is 9.80. The summed E-state index contributed by atoms with van der Waals surface area (Å²) in [6.45, 7) is 8.43. The molecule has 0 radical (unpaired) electrons. The van der Waals surface area contributed by atoms with Gasteiger partial charge in [-0.2, -0.15) is 0 Å². The fraction of sp³-hybridized carbons (Fsp3) is 0.905. The van der Waals surface area contributed by atoms with Gasteiger partial charge in [0.05, 0.1) is 26.9 Å². The molecule has 0 bridgehead atoms. The van der Waals surface area contributed by atoms with E-state index < -0.39 is 0 Å². The molecule has 1 aliphatic heterocycles. The molecule has 0 atom stereocenters. The van der Waals surface area contributed by atoms with Gasteiger partial charge >= 0.3 is 5.97 Å². The van der Waals surface area contributed by atoms with Gasteiger partial charge in [-0.15, -0.1) is 0 Å². The van der Waals surface area contributed by atoms with Crippen LogP contribution in [0.3, 0.4) is 0 Å². The molecule has 1 saturated carbocycles. The molecule has 0 aromatic heterocycles. The first kappa shape index (κ1) is 22.9. The van der Waals surface area contributed by atoms with Crippen molar-refractivity contribution >= 4 is 11.9 Å². The lowest BCUT2D eigenvalue weighted by Gasteiger charge is -2.47. The number of unbranched alkanes of at least 4 members (excludes halogenated alkanes) is 2. The van der Waals surface area contributed by atoms with E-state index >= 15 is 0 Å². The van der Waals surface area contributed by atoms with Crippen molar-refractivity contribution in [2.75, 3.05) is 53.0 Å². The van der Waals surface area contributed by atoms with Crippen molar-refractivity contribution < 1.29 is 14.3 Å². The van der Waals surface area contributed by atoms with Crippen molar-refractivity contribution in [1.82, 2.24) is 15.5 Å². The molecule has 0 spiro atoms. The maximum absolute atomic E-state index is 11.2. The van der Waals surface area contributed by atoms with Gasteiger partial charge in [0, 0.05) is 38.1 Å². The van der Waals surface area contributed by atoms with Gasteiger partial charge in [0.2, 0.25) is 0 Å². The van der Waals surface area contributed by atoms with Crippen molar-refractivity contribution in [3.8, 4) is 0 Å². The molecular formula is C21H40N4O3. The second kappa shape index (κ2) is 13.0. The first-order chi connectivity index (χ1) is 13.7. The van der Waals surface area contributed by atoms with Crippen LogP contribution in [0, 0.1) is 0 Å². The maximum Gasteiger partial charge on any atom is 0.305 e. The molecule has 28 heavy (non-hydrogen) atoms. The fourth-order valence-corrected chi connectivity index (χ4v) is 4.27. The number of ether oxygens (including phenoxy) is 2. The molecule has 0 aromatic rings. The lowest BCUT2D eigenvalue weighted by Crippen LogP contribution is -2.56. The molecule has 1 saturated heterocycles. The zero-order valence-electron chi connectivity index (χ0n) is 17.9. The zero-order chi connectivity index (χ0) is 20.1. The second-order valence-electron chi connectivity index (χ2n) is 7.89. The van der Waals surface area contributed by atoms with Crippen LogP contribution in [0.2, 0.25) is 0 Å². The number of morpholine rings is 1. The topological polar surface area (TPSA) is 75.2 Å². The molecule has 2 aliphatic rings. The van der Waals surface area contributed by atoms with E-state index in [9.17, 15) is 4.79 Å². The van der Waals surface area contributed by atoms with Gasteiger partial charge in [-0.1, -0.05) is 25.7 Å². The van der Waals surface area contributed by atoms with E-state index in [0.29, 0.717) is 6.42 Å². The van der Waals surface area contributed by atoms with Gasteiger partial charge in [-0.3, -0.25) is 14.7 Å². The summed E-state index contributed by atoms with van der Waals surface area (Å²) in [4.78, 5) is 18.8. The zero-order valence-corrected chi connectivity index (χ0v) is 17.9. The first-order valence-corrected chi connectivity index (χ1v) is 11.1. The average Bonchev–Trinajstić information content (AvgIpc) is 2.75. The first-order valence-electron chi connectivity index (χ1n) is 11.1. The van der Waals surface area contributed by atoms with E-state index in [1.807, 2.05) is 0 Å². The van der Waals surface area contributed by atoms with Crippen LogP contribution in [0.5, 0.6) is 0 Å². The number of carbonyl (C=O) groups is 1.